The molecule has 1 unspecified atom stereocenters. The zero-order valence-corrected chi connectivity index (χ0v) is 25.0. The van der Waals surface area contributed by atoms with Gasteiger partial charge in [-0.25, -0.2) is 0 Å². The topological polar surface area (TPSA) is 7.76 Å². The molecule has 3 nitrogen and oxygen atoms in total. The van der Waals surface area contributed by atoms with Gasteiger partial charge in [0.1, 0.15) is 10.9 Å². The maximum Gasteiger partial charge on any atom is 0.294 e. The quantitative estimate of drug-likeness (QED) is 0.0993. The van der Waals surface area contributed by atoms with Crippen molar-refractivity contribution < 1.29 is 9.35 Å². The summed E-state index contributed by atoms with van der Waals surface area (Å²) in [4.78, 5) is 0. The van der Waals surface area contributed by atoms with Gasteiger partial charge in [0, 0.05) is 28.8 Å². The van der Waals surface area contributed by atoms with E-state index in [4.69, 9.17) is 0 Å². The van der Waals surface area contributed by atoms with E-state index >= 15 is 0 Å². The summed E-state index contributed by atoms with van der Waals surface area (Å²) in [6.45, 7) is 7.04. The lowest BCUT2D eigenvalue weighted by atomic mass is 9.64. The molecule has 0 saturated heterocycles. The van der Waals surface area contributed by atoms with Gasteiger partial charge in [0.2, 0.25) is 12.4 Å². The molecule has 7 aromatic rings. The average Bonchev–Trinajstić information content (AvgIpc) is 3.65. The van der Waals surface area contributed by atoms with Crippen LogP contribution in [0.1, 0.15) is 48.6 Å². The number of aromatic nitrogens is 2. The standard InChI is InChI=1S/C41H30N3/c1-40(2,3)32-18-10-24-43-37(32)29-14-8-17-33-38(29)44(43)39-34(22-21-25-19-20-26-11-9-23-42(44)36(26)35(25)39)41(33)30-15-6-4-12-27(30)28-13-5-7-16-31(28)41/h4-24H,1-3H3/q+3. The zero-order valence-electron chi connectivity index (χ0n) is 25.0. The Balaban J connectivity index is 1.47. The van der Waals surface area contributed by atoms with Crippen molar-refractivity contribution in [2.24, 2.45) is 0 Å². The van der Waals surface area contributed by atoms with Gasteiger partial charge in [0.25, 0.3) is 22.6 Å². The maximum absolute atomic E-state index is 2.58. The second-order valence-electron chi connectivity index (χ2n) is 13.9. The van der Waals surface area contributed by atoms with Gasteiger partial charge in [0.15, 0.2) is 4.70 Å². The second kappa shape index (κ2) is 7.15. The van der Waals surface area contributed by atoms with Crippen molar-refractivity contribution >= 4 is 33.1 Å². The fraction of sp³-hybridized carbons (Fsp3) is 0.122. The molecule has 0 fully saturated rings. The molecule has 11 rings (SSSR count). The third-order valence-corrected chi connectivity index (χ3v) is 11.0. The molecule has 2 aromatic heterocycles. The highest BCUT2D eigenvalue weighted by molar-refractivity contribution is 6.15. The fourth-order valence-corrected chi connectivity index (χ4v) is 9.54. The van der Waals surface area contributed by atoms with Crippen LogP contribution in [0.15, 0.2) is 128 Å². The molecule has 3 aliphatic heterocycles. The third kappa shape index (κ3) is 2.20. The van der Waals surface area contributed by atoms with Crippen LogP contribution in [0.25, 0.3) is 44.1 Å². The normalized spacial score (nSPS) is 18.6. The first-order valence-electron chi connectivity index (χ1n) is 15.7. The second-order valence-corrected chi connectivity index (χ2v) is 13.9. The fourth-order valence-electron chi connectivity index (χ4n) is 9.54. The molecular formula is C41H30N3+3. The van der Waals surface area contributed by atoms with Crippen molar-refractivity contribution in [1.29, 1.82) is 0 Å². The molecule has 0 saturated carbocycles. The number of fused-ring (bicyclic) bond motifs is 9. The predicted octanol–water partition coefficient (Wildman–Crippen LogP) is 8.40. The van der Waals surface area contributed by atoms with Crippen LogP contribution in [0.2, 0.25) is 0 Å². The van der Waals surface area contributed by atoms with Gasteiger partial charge < -0.3 is 0 Å². The van der Waals surface area contributed by atoms with Crippen molar-refractivity contribution in [2.45, 2.75) is 31.6 Å². The number of nitrogens with zero attached hydrogens (tertiary/aromatic N) is 3. The summed E-state index contributed by atoms with van der Waals surface area (Å²) in [6, 6.07) is 44.0. The number of hydrogen-bond acceptors (Lipinski definition) is 0. The monoisotopic (exact) mass is 564 g/mol. The van der Waals surface area contributed by atoms with E-state index in [9.17, 15) is 0 Å². The number of rotatable bonds is 0. The van der Waals surface area contributed by atoms with E-state index in [1.807, 2.05) is 0 Å². The minimum atomic E-state index is -0.431. The van der Waals surface area contributed by atoms with Crippen molar-refractivity contribution in [3.05, 3.63) is 155 Å². The van der Waals surface area contributed by atoms with Gasteiger partial charge in [-0.05, 0) is 57.3 Å². The van der Waals surface area contributed by atoms with Crippen molar-refractivity contribution in [3.63, 3.8) is 0 Å². The molecule has 1 atom stereocenters. The first-order valence-corrected chi connectivity index (χ1v) is 15.7. The first-order chi connectivity index (χ1) is 21.5. The number of pyridine rings is 2. The van der Waals surface area contributed by atoms with Crippen LogP contribution >= 0.6 is 0 Å². The summed E-state index contributed by atoms with van der Waals surface area (Å²) in [7, 11) is 0. The van der Waals surface area contributed by atoms with Crippen molar-refractivity contribution in [1.82, 2.24) is 4.70 Å². The van der Waals surface area contributed by atoms with E-state index in [-0.39, 0.29) is 5.41 Å². The maximum atomic E-state index is 2.58. The first kappa shape index (κ1) is 23.3. The van der Waals surface area contributed by atoms with Crippen LogP contribution in [-0.2, 0) is 10.8 Å². The smallest absolute Gasteiger partial charge is 0.0619 e. The number of quaternary nitrogens is 1. The summed E-state index contributed by atoms with van der Waals surface area (Å²) in [5.41, 5.74) is 15.8. The molecule has 4 aliphatic rings. The van der Waals surface area contributed by atoms with Gasteiger partial charge in [-0.2, -0.15) is 0 Å². The van der Waals surface area contributed by atoms with Gasteiger partial charge in [-0.3, -0.25) is 0 Å². The van der Waals surface area contributed by atoms with Gasteiger partial charge >= 0.3 is 0 Å². The van der Waals surface area contributed by atoms with Crippen LogP contribution in [0.3, 0.4) is 0 Å². The predicted molar refractivity (Wildman–Crippen MR) is 176 cm³/mol. The van der Waals surface area contributed by atoms with Crippen molar-refractivity contribution in [3.8, 4) is 22.4 Å². The SMILES string of the molecule is CC(C)(C)c1ccc[n+]2c1-c1cccc3c1[N+]21c2c(ccc4ccc5ccc[n+]1c5c24)C31c2ccccc2-c2ccccc21. The summed E-state index contributed by atoms with van der Waals surface area (Å²) < 4.78 is 5.65. The highest BCUT2D eigenvalue weighted by Gasteiger charge is 2.75. The Kier molecular flexibility index (Phi) is 3.80. The Hall–Kier alpha value is -5.12. The molecule has 0 amide bonds. The average molecular weight is 565 g/mol. The molecule has 0 radical (unpaired) electrons. The van der Waals surface area contributed by atoms with E-state index in [1.54, 1.807) is 0 Å². The largest absolute Gasteiger partial charge is 0.294 e. The Morgan fingerprint density at radius 1 is 0.523 bits per heavy atom. The molecule has 0 N–H and O–H groups in total. The van der Waals surface area contributed by atoms with Crippen LogP contribution < -0.4 is 14.1 Å². The van der Waals surface area contributed by atoms with Crippen LogP contribution in [0.5, 0.6) is 0 Å². The van der Waals surface area contributed by atoms with E-state index in [2.05, 4.69) is 158 Å². The van der Waals surface area contributed by atoms with E-state index < -0.39 is 5.41 Å². The molecule has 206 valence electrons. The van der Waals surface area contributed by atoms with Gasteiger partial charge in [-0.15, -0.1) is 0 Å². The molecular weight excluding hydrogens is 534 g/mol. The summed E-state index contributed by atoms with van der Waals surface area (Å²) in [6.07, 6.45) is 4.63. The summed E-state index contributed by atoms with van der Waals surface area (Å²) in [5.74, 6) is 0. The van der Waals surface area contributed by atoms with Crippen LogP contribution in [0, 0.1) is 0 Å². The number of benzene rings is 5. The van der Waals surface area contributed by atoms with E-state index in [0.29, 0.717) is 4.70 Å². The molecule has 0 bridgehead atoms. The van der Waals surface area contributed by atoms with Crippen LogP contribution in [0.4, 0.5) is 11.4 Å². The number of para-hydroxylation sites is 1. The summed E-state index contributed by atoms with van der Waals surface area (Å²) in [5, 5.41) is 3.93. The highest BCUT2D eigenvalue weighted by atomic mass is 15.9. The molecule has 44 heavy (non-hydrogen) atoms. The lowest BCUT2D eigenvalue weighted by Gasteiger charge is -2.38. The highest BCUT2D eigenvalue weighted by Crippen LogP contribution is 2.67. The van der Waals surface area contributed by atoms with Crippen LogP contribution in [-0.4, -0.2) is 0 Å². The Morgan fingerprint density at radius 3 is 1.91 bits per heavy atom. The molecule has 3 heteroatoms. The minimum Gasteiger partial charge on any atom is -0.0619 e. The van der Waals surface area contributed by atoms with E-state index in [1.165, 1.54) is 83.3 Å². The molecule has 2 spiro atoms. The van der Waals surface area contributed by atoms with Gasteiger partial charge in [0.05, 0.1) is 20.2 Å². The van der Waals surface area contributed by atoms with E-state index in [0.717, 1.165) is 0 Å². The summed E-state index contributed by atoms with van der Waals surface area (Å²) >= 11 is 0. The number of hydrogen-bond donors (Lipinski definition) is 0. The van der Waals surface area contributed by atoms with Crippen molar-refractivity contribution in [2.75, 3.05) is 0 Å². The lowest BCUT2D eigenvalue weighted by molar-refractivity contribution is -1.02. The molecule has 5 aromatic carbocycles. The third-order valence-electron chi connectivity index (χ3n) is 11.0. The van der Waals surface area contributed by atoms with Gasteiger partial charge in [-0.1, -0.05) is 99.6 Å². The lowest BCUT2D eigenvalue weighted by Crippen LogP contribution is -2.82. The Labute approximate surface area is 256 Å². The molecule has 5 heterocycles. The Bertz CT molecular complexity index is 2450. The minimum absolute atomic E-state index is 0.0314. The molecule has 1 aliphatic carbocycles. The zero-order chi connectivity index (χ0) is 29.2. The Morgan fingerprint density at radius 2 is 1.14 bits per heavy atom.